The Kier molecular flexibility index (Phi) is 5.81. The summed E-state index contributed by atoms with van der Waals surface area (Å²) in [7, 11) is -3.33. The smallest absolute Gasteiger partial charge is 0.282 e. The Bertz CT molecular complexity index is 1190. The van der Waals surface area contributed by atoms with Gasteiger partial charge in [0.05, 0.1) is 30.4 Å². The number of halogens is 2. The average Bonchev–Trinajstić information content (AvgIpc) is 3.15. The Balaban J connectivity index is 1.61. The van der Waals surface area contributed by atoms with Gasteiger partial charge in [-0.25, -0.2) is 41.4 Å². The van der Waals surface area contributed by atoms with Crippen molar-refractivity contribution in [1.29, 1.82) is 0 Å². The molecule has 0 unspecified atom stereocenters. The molecular weight excluding hydrogens is 432 g/mol. The maximum Gasteiger partial charge on any atom is 0.282 e. The molecule has 1 aliphatic heterocycles. The molecule has 0 aromatic carbocycles. The van der Waals surface area contributed by atoms with E-state index < -0.39 is 16.4 Å². The van der Waals surface area contributed by atoms with E-state index in [-0.39, 0.29) is 24.4 Å². The lowest BCUT2D eigenvalue weighted by Gasteiger charge is -2.37. The first-order valence-corrected chi connectivity index (χ1v) is 11.4. The Morgan fingerprint density at radius 1 is 1.26 bits per heavy atom. The topological polar surface area (TPSA) is 115 Å². The summed E-state index contributed by atoms with van der Waals surface area (Å²) in [6, 6.07) is 4.43. The highest BCUT2D eigenvalue weighted by molar-refractivity contribution is 7.88. The molecule has 0 aliphatic carbocycles. The largest absolute Gasteiger partial charge is 0.370 e. The molecule has 0 radical (unpaired) electrons. The number of anilines is 1. The maximum atomic E-state index is 13.1. The summed E-state index contributed by atoms with van der Waals surface area (Å²) in [5.41, 5.74) is 0.995. The van der Waals surface area contributed by atoms with E-state index >= 15 is 0 Å². The van der Waals surface area contributed by atoms with E-state index in [9.17, 15) is 17.2 Å². The van der Waals surface area contributed by atoms with Gasteiger partial charge in [0, 0.05) is 25.7 Å². The minimum absolute atomic E-state index is 0.144. The number of fused-ring (bicyclic) bond motifs is 1. The van der Waals surface area contributed by atoms with Crippen LogP contribution in [-0.2, 0) is 14.8 Å². The molecule has 31 heavy (non-hydrogen) atoms. The highest BCUT2D eigenvalue weighted by Gasteiger charge is 2.27. The molecule has 10 nitrogen and oxygen atoms in total. The molecule has 166 valence electrons. The van der Waals surface area contributed by atoms with Crippen molar-refractivity contribution in [3.8, 4) is 11.4 Å². The summed E-state index contributed by atoms with van der Waals surface area (Å²) in [5, 5.41) is 3.97. The van der Waals surface area contributed by atoms with Gasteiger partial charge < -0.3 is 9.64 Å². The first-order valence-electron chi connectivity index (χ1n) is 9.50. The molecule has 13 heteroatoms. The molecule has 1 N–H and O–H groups in total. The number of morpholine rings is 1. The fourth-order valence-corrected chi connectivity index (χ4v) is 3.92. The van der Waals surface area contributed by atoms with E-state index in [0.717, 1.165) is 6.26 Å². The zero-order valence-electron chi connectivity index (χ0n) is 16.8. The second kappa shape index (κ2) is 8.40. The van der Waals surface area contributed by atoms with Gasteiger partial charge in [-0.3, -0.25) is 0 Å². The fourth-order valence-electron chi connectivity index (χ4n) is 3.43. The van der Waals surface area contributed by atoms with Crippen LogP contribution in [0.1, 0.15) is 19.0 Å². The van der Waals surface area contributed by atoms with Crippen LogP contribution in [0.25, 0.3) is 17.0 Å². The third-order valence-corrected chi connectivity index (χ3v) is 5.44. The van der Waals surface area contributed by atoms with E-state index in [1.807, 2.05) is 11.8 Å². The standard InChI is InChI=1S/C18H21F2N7O3S/c1-11-8-26(9-12(30-11)6-24-31(2,28)29)17-5-14(22-10-23-17)15-7-21-16-4-3-13(18(19)20)25-27(15)16/h3-5,7,10-12,18,24H,6,8-9H2,1-2H3/t11-,12-/m0/s1. The summed E-state index contributed by atoms with van der Waals surface area (Å²) in [5.74, 6) is 0.601. The molecule has 1 fully saturated rings. The molecular formula is C18H21F2N7O3S. The summed E-state index contributed by atoms with van der Waals surface area (Å²) in [6.07, 6.45) is 0.785. The van der Waals surface area contributed by atoms with Crippen molar-refractivity contribution in [2.24, 2.45) is 0 Å². The number of nitrogens with zero attached hydrogens (tertiary/aromatic N) is 6. The second-order valence-corrected chi connectivity index (χ2v) is 9.16. The number of aromatic nitrogens is 5. The minimum atomic E-state index is -3.33. The van der Waals surface area contributed by atoms with E-state index in [4.69, 9.17) is 4.74 Å². The molecule has 3 aromatic heterocycles. The zero-order valence-corrected chi connectivity index (χ0v) is 17.6. The van der Waals surface area contributed by atoms with Crippen molar-refractivity contribution in [3.05, 3.63) is 36.4 Å². The van der Waals surface area contributed by atoms with E-state index in [1.54, 1.807) is 6.07 Å². The van der Waals surface area contributed by atoms with E-state index in [1.165, 1.54) is 29.2 Å². The van der Waals surface area contributed by atoms with E-state index in [2.05, 4.69) is 24.8 Å². The van der Waals surface area contributed by atoms with Gasteiger partial charge in [-0.1, -0.05) is 0 Å². The third kappa shape index (κ3) is 4.94. The summed E-state index contributed by atoms with van der Waals surface area (Å²) < 4.78 is 58.5. The lowest BCUT2D eigenvalue weighted by atomic mass is 10.2. The lowest BCUT2D eigenvalue weighted by molar-refractivity contribution is -0.0124. The molecule has 2 atom stereocenters. The Labute approximate surface area is 177 Å². The predicted molar refractivity (Wildman–Crippen MR) is 108 cm³/mol. The molecule has 0 spiro atoms. The second-order valence-electron chi connectivity index (χ2n) is 7.33. The number of sulfonamides is 1. The minimum Gasteiger partial charge on any atom is -0.370 e. The monoisotopic (exact) mass is 453 g/mol. The quantitative estimate of drug-likeness (QED) is 0.594. The maximum absolute atomic E-state index is 13.1. The molecule has 1 saturated heterocycles. The first kappa shape index (κ1) is 21.5. The van der Waals surface area contributed by atoms with Crippen LogP contribution in [-0.4, -0.2) is 71.1 Å². The molecule has 3 aromatic rings. The SMILES string of the molecule is C[C@H]1CN(c2cc(-c3cnc4ccc(C(F)F)nn34)ncn2)C[C@H](CNS(C)(=O)=O)O1. The van der Waals surface area contributed by atoms with Crippen LogP contribution < -0.4 is 9.62 Å². The third-order valence-electron chi connectivity index (χ3n) is 4.75. The van der Waals surface area contributed by atoms with Crippen LogP contribution in [0.15, 0.2) is 30.7 Å². The van der Waals surface area contributed by atoms with Crippen LogP contribution in [0.4, 0.5) is 14.6 Å². The lowest BCUT2D eigenvalue weighted by Crippen LogP contribution is -2.51. The van der Waals surface area contributed by atoms with Gasteiger partial charge in [-0.2, -0.15) is 5.10 Å². The molecule has 0 amide bonds. The van der Waals surface area contributed by atoms with Crippen molar-refractivity contribution < 1.29 is 21.9 Å². The van der Waals surface area contributed by atoms with Gasteiger partial charge >= 0.3 is 0 Å². The Hall–Kier alpha value is -2.77. The number of imidazole rings is 1. The van der Waals surface area contributed by atoms with Crippen molar-refractivity contribution in [2.45, 2.75) is 25.6 Å². The zero-order chi connectivity index (χ0) is 22.2. The Morgan fingerprint density at radius 2 is 2.06 bits per heavy atom. The number of hydrogen-bond donors (Lipinski definition) is 1. The van der Waals surface area contributed by atoms with Gasteiger partial charge in [0.1, 0.15) is 23.5 Å². The fraction of sp³-hybridized carbons (Fsp3) is 0.444. The van der Waals surface area contributed by atoms with Gasteiger partial charge in [0.15, 0.2) is 5.65 Å². The van der Waals surface area contributed by atoms with Crippen LogP contribution >= 0.6 is 0 Å². The van der Waals surface area contributed by atoms with Gasteiger partial charge in [0.25, 0.3) is 6.43 Å². The predicted octanol–water partition coefficient (Wildman–Crippen LogP) is 1.27. The van der Waals surface area contributed by atoms with Crippen molar-refractivity contribution in [2.75, 3.05) is 30.8 Å². The number of nitrogens with one attached hydrogen (secondary N) is 1. The molecule has 4 rings (SSSR count). The first-order chi connectivity index (χ1) is 14.7. The normalized spacial score (nSPS) is 20.0. The number of ether oxygens (including phenoxy) is 1. The van der Waals surface area contributed by atoms with Crippen LogP contribution in [0.5, 0.6) is 0 Å². The molecule has 0 bridgehead atoms. The average molecular weight is 453 g/mol. The molecule has 1 aliphatic rings. The van der Waals surface area contributed by atoms with Crippen molar-refractivity contribution in [3.63, 3.8) is 0 Å². The van der Waals surface area contributed by atoms with Crippen molar-refractivity contribution >= 4 is 21.5 Å². The van der Waals surface area contributed by atoms with Crippen LogP contribution in [0.3, 0.4) is 0 Å². The number of alkyl halides is 2. The van der Waals surface area contributed by atoms with Crippen LogP contribution in [0.2, 0.25) is 0 Å². The van der Waals surface area contributed by atoms with Crippen LogP contribution in [0, 0.1) is 0 Å². The Morgan fingerprint density at radius 3 is 2.81 bits per heavy atom. The summed E-state index contributed by atoms with van der Waals surface area (Å²) in [4.78, 5) is 14.8. The number of rotatable bonds is 6. The van der Waals surface area contributed by atoms with Gasteiger partial charge in [-0.15, -0.1) is 0 Å². The van der Waals surface area contributed by atoms with Gasteiger partial charge in [-0.05, 0) is 19.1 Å². The van der Waals surface area contributed by atoms with Crippen molar-refractivity contribution in [1.82, 2.24) is 29.3 Å². The van der Waals surface area contributed by atoms with E-state index in [0.29, 0.717) is 35.9 Å². The van der Waals surface area contributed by atoms with Gasteiger partial charge in [0.2, 0.25) is 10.0 Å². The molecule has 4 heterocycles. The summed E-state index contributed by atoms with van der Waals surface area (Å²) >= 11 is 0. The highest BCUT2D eigenvalue weighted by Crippen LogP contribution is 2.25. The molecule has 0 saturated carbocycles. The number of hydrogen-bond acceptors (Lipinski definition) is 8. The summed E-state index contributed by atoms with van der Waals surface area (Å²) in [6.45, 7) is 3.00. The highest BCUT2D eigenvalue weighted by atomic mass is 32.2.